The molecule has 3 aromatic carbocycles. The van der Waals surface area contributed by atoms with E-state index in [1.165, 1.54) is 0 Å². The van der Waals surface area contributed by atoms with Gasteiger partial charge in [0.2, 0.25) is 0 Å². The number of rotatable bonds is 7. The van der Waals surface area contributed by atoms with Gasteiger partial charge in [-0.3, -0.25) is 4.72 Å². The lowest BCUT2D eigenvalue weighted by atomic mass is 10.2. The maximum atomic E-state index is 12.7. The average Bonchev–Trinajstić information content (AvgIpc) is 2.67. The topological polar surface area (TPSA) is 67.4 Å². The molecule has 6 heteroatoms. The van der Waals surface area contributed by atoms with Gasteiger partial charge in [0.05, 0.1) is 12.0 Å². The van der Waals surface area contributed by atoms with Crippen molar-refractivity contribution in [3.05, 3.63) is 83.4 Å². The summed E-state index contributed by atoms with van der Waals surface area (Å²) in [6, 6.07) is 20.3. The molecule has 0 aliphatic rings. The molecule has 0 aliphatic carbocycles. The number of aryl methyl sites for hydroxylation is 2. The number of hydrogen-bond acceptors (Lipinski definition) is 4. The van der Waals surface area contributed by atoms with E-state index in [1.807, 2.05) is 49.4 Å². The van der Waals surface area contributed by atoms with Gasteiger partial charge in [-0.15, -0.1) is 0 Å². The summed E-state index contributed by atoms with van der Waals surface area (Å²) < 4.78 is 33.3. The lowest BCUT2D eigenvalue weighted by Crippen LogP contribution is -2.14. The average molecular weight is 397 g/mol. The molecular formula is C22H24N2O3S. The number of methoxy groups -OCH3 is 1. The molecule has 0 radical (unpaired) electrons. The number of nitrogens with one attached hydrogen (secondary N) is 2. The van der Waals surface area contributed by atoms with Gasteiger partial charge in [-0.2, -0.15) is 0 Å². The van der Waals surface area contributed by atoms with Gasteiger partial charge in [0, 0.05) is 23.5 Å². The molecule has 0 aromatic heterocycles. The predicted molar refractivity (Wildman–Crippen MR) is 113 cm³/mol. The van der Waals surface area contributed by atoms with Crippen molar-refractivity contribution in [2.45, 2.75) is 25.3 Å². The standard InChI is InChI=1S/C22H24N2O3S/c1-16-8-13-22(17(2)14-16)28(25,26)24-20-11-9-19(10-12-20)23-15-18-6-4-5-7-21(18)27-3/h4-14,23-24H,15H2,1-3H3. The molecule has 2 N–H and O–H groups in total. The van der Waals surface area contributed by atoms with Gasteiger partial charge >= 0.3 is 0 Å². The second-order valence-electron chi connectivity index (χ2n) is 6.62. The van der Waals surface area contributed by atoms with Crippen molar-refractivity contribution in [1.29, 1.82) is 0 Å². The number of benzene rings is 3. The van der Waals surface area contributed by atoms with Gasteiger partial charge in [-0.05, 0) is 55.8 Å². The Bertz CT molecular complexity index is 1060. The Kier molecular flexibility index (Phi) is 5.90. The highest BCUT2D eigenvalue weighted by Crippen LogP contribution is 2.23. The van der Waals surface area contributed by atoms with Gasteiger partial charge in [-0.25, -0.2) is 8.42 Å². The molecule has 3 aromatic rings. The molecule has 0 atom stereocenters. The van der Waals surface area contributed by atoms with Crippen LogP contribution in [0.25, 0.3) is 0 Å². The van der Waals surface area contributed by atoms with Crippen molar-refractivity contribution >= 4 is 21.4 Å². The van der Waals surface area contributed by atoms with E-state index in [-0.39, 0.29) is 4.90 Å². The minimum Gasteiger partial charge on any atom is -0.496 e. The summed E-state index contributed by atoms with van der Waals surface area (Å²) in [5, 5.41) is 3.32. The molecule has 0 saturated carbocycles. The monoisotopic (exact) mass is 396 g/mol. The maximum Gasteiger partial charge on any atom is 0.262 e. The van der Waals surface area contributed by atoms with Crippen LogP contribution in [0, 0.1) is 13.8 Å². The summed E-state index contributed by atoms with van der Waals surface area (Å²) in [5.41, 5.74) is 4.21. The first-order valence-electron chi connectivity index (χ1n) is 8.95. The third-order valence-corrected chi connectivity index (χ3v) is 5.97. The normalized spacial score (nSPS) is 11.1. The first kappa shape index (κ1) is 19.8. The van der Waals surface area contributed by atoms with Crippen LogP contribution in [0.5, 0.6) is 5.75 Å². The molecule has 0 amide bonds. The fourth-order valence-corrected chi connectivity index (χ4v) is 4.30. The summed E-state index contributed by atoms with van der Waals surface area (Å²) in [4.78, 5) is 0.288. The Balaban J connectivity index is 1.69. The van der Waals surface area contributed by atoms with E-state index in [4.69, 9.17) is 4.74 Å². The van der Waals surface area contributed by atoms with Crippen molar-refractivity contribution in [2.24, 2.45) is 0 Å². The van der Waals surface area contributed by atoms with Crippen molar-refractivity contribution in [1.82, 2.24) is 0 Å². The Labute approximate surface area is 166 Å². The van der Waals surface area contributed by atoms with Crippen LogP contribution in [-0.4, -0.2) is 15.5 Å². The molecule has 0 unspecified atom stereocenters. The van der Waals surface area contributed by atoms with Gasteiger partial charge in [0.1, 0.15) is 5.75 Å². The van der Waals surface area contributed by atoms with E-state index >= 15 is 0 Å². The molecule has 28 heavy (non-hydrogen) atoms. The van der Waals surface area contributed by atoms with Crippen LogP contribution >= 0.6 is 0 Å². The molecule has 0 spiro atoms. The van der Waals surface area contributed by atoms with E-state index in [0.29, 0.717) is 12.2 Å². The quantitative estimate of drug-likeness (QED) is 0.606. The van der Waals surface area contributed by atoms with E-state index < -0.39 is 10.0 Å². The highest BCUT2D eigenvalue weighted by atomic mass is 32.2. The molecule has 0 fully saturated rings. The third kappa shape index (κ3) is 4.64. The summed E-state index contributed by atoms with van der Waals surface area (Å²) in [6.07, 6.45) is 0. The van der Waals surface area contributed by atoms with Crippen molar-refractivity contribution in [2.75, 3.05) is 17.1 Å². The van der Waals surface area contributed by atoms with Gasteiger partial charge in [-0.1, -0.05) is 35.9 Å². The first-order valence-corrected chi connectivity index (χ1v) is 10.4. The van der Waals surface area contributed by atoms with Crippen LogP contribution in [0.1, 0.15) is 16.7 Å². The van der Waals surface area contributed by atoms with E-state index in [0.717, 1.165) is 28.1 Å². The smallest absolute Gasteiger partial charge is 0.262 e. The van der Waals surface area contributed by atoms with Crippen molar-refractivity contribution in [3.8, 4) is 5.75 Å². The highest BCUT2D eigenvalue weighted by molar-refractivity contribution is 7.92. The molecule has 0 saturated heterocycles. The molecule has 0 bridgehead atoms. The van der Waals surface area contributed by atoms with Crippen LogP contribution in [-0.2, 0) is 16.6 Å². The molecule has 5 nitrogen and oxygen atoms in total. The molecule has 3 rings (SSSR count). The highest BCUT2D eigenvalue weighted by Gasteiger charge is 2.16. The largest absolute Gasteiger partial charge is 0.496 e. The Morgan fingerprint density at radius 1 is 0.893 bits per heavy atom. The van der Waals surface area contributed by atoms with E-state index in [9.17, 15) is 8.42 Å². The lowest BCUT2D eigenvalue weighted by Gasteiger charge is -2.13. The molecule has 146 valence electrons. The third-order valence-electron chi connectivity index (χ3n) is 4.43. The van der Waals surface area contributed by atoms with Crippen LogP contribution in [0.15, 0.2) is 71.6 Å². The predicted octanol–water partition coefficient (Wildman–Crippen LogP) is 4.72. The first-order chi connectivity index (χ1) is 13.4. The van der Waals surface area contributed by atoms with Crippen LogP contribution in [0.4, 0.5) is 11.4 Å². The fourth-order valence-electron chi connectivity index (χ4n) is 3.01. The van der Waals surface area contributed by atoms with Gasteiger partial charge < -0.3 is 10.1 Å². The second kappa shape index (κ2) is 8.35. The summed E-state index contributed by atoms with van der Waals surface area (Å²) >= 11 is 0. The molecule has 0 heterocycles. The van der Waals surface area contributed by atoms with Crippen molar-refractivity contribution < 1.29 is 13.2 Å². The second-order valence-corrected chi connectivity index (χ2v) is 8.27. The number of para-hydroxylation sites is 1. The Morgan fingerprint density at radius 3 is 2.25 bits per heavy atom. The summed E-state index contributed by atoms with van der Waals surface area (Å²) in [7, 11) is -1.98. The number of anilines is 2. The molecule has 0 aliphatic heterocycles. The van der Waals surface area contributed by atoms with E-state index in [1.54, 1.807) is 38.3 Å². The Morgan fingerprint density at radius 2 is 1.57 bits per heavy atom. The zero-order valence-electron chi connectivity index (χ0n) is 16.2. The van der Waals surface area contributed by atoms with Gasteiger partial charge in [0.15, 0.2) is 0 Å². The zero-order chi connectivity index (χ0) is 20.1. The lowest BCUT2D eigenvalue weighted by molar-refractivity contribution is 0.410. The number of ether oxygens (including phenoxy) is 1. The SMILES string of the molecule is COc1ccccc1CNc1ccc(NS(=O)(=O)c2ccc(C)cc2C)cc1. The van der Waals surface area contributed by atoms with Crippen LogP contribution in [0.3, 0.4) is 0 Å². The Hall–Kier alpha value is -2.99. The minimum absolute atomic E-state index is 0.288. The number of sulfonamides is 1. The zero-order valence-corrected chi connectivity index (χ0v) is 17.0. The van der Waals surface area contributed by atoms with Gasteiger partial charge in [0.25, 0.3) is 10.0 Å². The minimum atomic E-state index is -3.62. The summed E-state index contributed by atoms with van der Waals surface area (Å²) in [6.45, 7) is 4.34. The van der Waals surface area contributed by atoms with Crippen LogP contribution in [0.2, 0.25) is 0 Å². The van der Waals surface area contributed by atoms with Crippen LogP contribution < -0.4 is 14.8 Å². The summed E-state index contributed by atoms with van der Waals surface area (Å²) in [5.74, 6) is 0.827. The maximum absolute atomic E-state index is 12.7. The van der Waals surface area contributed by atoms with Crippen molar-refractivity contribution in [3.63, 3.8) is 0 Å². The van der Waals surface area contributed by atoms with E-state index in [2.05, 4.69) is 10.0 Å². The fraction of sp³-hybridized carbons (Fsp3) is 0.182. The number of hydrogen-bond donors (Lipinski definition) is 2. The molecular weight excluding hydrogens is 372 g/mol.